The summed E-state index contributed by atoms with van der Waals surface area (Å²) in [5.74, 6) is 1.53. The van der Waals surface area contributed by atoms with Gasteiger partial charge in [-0.15, -0.1) is 0 Å². The highest BCUT2D eigenvalue weighted by Crippen LogP contribution is 2.13. The number of rotatable bonds is 2. The van der Waals surface area contributed by atoms with Crippen LogP contribution in [0.25, 0.3) is 0 Å². The van der Waals surface area contributed by atoms with E-state index in [1.165, 1.54) is 19.2 Å². The summed E-state index contributed by atoms with van der Waals surface area (Å²) in [5.41, 5.74) is 0. The molecule has 12 heavy (non-hydrogen) atoms. The van der Waals surface area contributed by atoms with Gasteiger partial charge in [0.25, 0.3) is 0 Å². The second-order valence-corrected chi connectivity index (χ2v) is 3.26. The van der Waals surface area contributed by atoms with Crippen molar-refractivity contribution < 1.29 is 4.52 Å². The maximum Gasteiger partial charge on any atom is 0.213 e. The summed E-state index contributed by atoms with van der Waals surface area (Å²) in [7, 11) is 0. The van der Waals surface area contributed by atoms with E-state index in [1.807, 2.05) is 0 Å². The van der Waals surface area contributed by atoms with Gasteiger partial charge in [0.1, 0.15) is 0 Å². The molecular formula is C8H13N3O. The molecule has 0 aromatic carbocycles. The topological polar surface area (TPSA) is 51.0 Å². The quantitative estimate of drug-likeness (QED) is 0.701. The molecule has 66 valence electrons. The van der Waals surface area contributed by atoms with Crippen molar-refractivity contribution in [2.45, 2.75) is 19.3 Å². The average molecular weight is 167 g/mol. The minimum absolute atomic E-state index is 0.691. The van der Waals surface area contributed by atoms with Crippen molar-refractivity contribution in [1.29, 1.82) is 0 Å². The highest BCUT2D eigenvalue weighted by Gasteiger charge is 2.15. The van der Waals surface area contributed by atoms with Crippen LogP contribution in [0.15, 0.2) is 10.9 Å². The maximum atomic E-state index is 4.67. The summed E-state index contributed by atoms with van der Waals surface area (Å²) >= 11 is 0. The number of nitrogens with one attached hydrogen (secondary N) is 1. The molecule has 2 rings (SSSR count). The minimum Gasteiger partial charge on any atom is -0.343 e. The van der Waals surface area contributed by atoms with Crippen LogP contribution in [0.5, 0.6) is 0 Å². The summed E-state index contributed by atoms with van der Waals surface area (Å²) in [6.07, 6.45) is 4.89. The van der Waals surface area contributed by atoms with Crippen molar-refractivity contribution in [3.8, 4) is 0 Å². The van der Waals surface area contributed by atoms with Crippen molar-refractivity contribution in [1.82, 2.24) is 15.5 Å². The lowest BCUT2D eigenvalue weighted by molar-refractivity contribution is 0.358. The molecule has 0 spiro atoms. The minimum atomic E-state index is 0.691. The molecule has 4 heteroatoms. The van der Waals surface area contributed by atoms with E-state index in [4.69, 9.17) is 0 Å². The van der Waals surface area contributed by atoms with E-state index in [9.17, 15) is 0 Å². The van der Waals surface area contributed by atoms with Crippen LogP contribution in [0.2, 0.25) is 0 Å². The normalized spacial score (nSPS) is 24.2. The predicted molar refractivity (Wildman–Crippen MR) is 43.6 cm³/mol. The van der Waals surface area contributed by atoms with Gasteiger partial charge in [0, 0.05) is 6.42 Å². The molecule has 1 aromatic heterocycles. The number of aromatic nitrogens is 2. The van der Waals surface area contributed by atoms with Gasteiger partial charge in [0.15, 0.2) is 5.82 Å². The van der Waals surface area contributed by atoms with Gasteiger partial charge >= 0.3 is 0 Å². The molecule has 0 aliphatic carbocycles. The van der Waals surface area contributed by atoms with Crippen molar-refractivity contribution in [3.05, 3.63) is 12.2 Å². The first-order chi connectivity index (χ1) is 5.95. The van der Waals surface area contributed by atoms with E-state index in [0.29, 0.717) is 5.92 Å². The molecule has 4 nitrogen and oxygen atoms in total. The summed E-state index contributed by atoms with van der Waals surface area (Å²) in [6.45, 7) is 2.25. The average Bonchev–Trinajstić information content (AvgIpc) is 2.59. The van der Waals surface area contributed by atoms with Crippen LogP contribution >= 0.6 is 0 Å². The lowest BCUT2D eigenvalue weighted by atomic mass is 9.96. The fourth-order valence-corrected chi connectivity index (χ4v) is 1.64. The van der Waals surface area contributed by atoms with Gasteiger partial charge < -0.3 is 9.84 Å². The van der Waals surface area contributed by atoms with Crippen LogP contribution in [0.1, 0.15) is 18.7 Å². The molecule has 1 aliphatic heterocycles. The van der Waals surface area contributed by atoms with Gasteiger partial charge in [-0.1, -0.05) is 5.16 Å². The van der Waals surface area contributed by atoms with Crippen LogP contribution in [0.3, 0.4) is 0 Å². The Bertz CT molecular complexity index is 216. The van der Waals surface area contributed by atoms with Gasteiger partial charge in [-0.3, -0.25) is 0 Å². The molecule has 0 saturated carbocycles. The second kappa shape index (κ2) is 3.67. The van der Waals surface area contributed by atoms with E-state index >= 15 is 0 Å². The first-order valence-corrected chi connectivity index (χ1v) is 4.41. The Hall–Kier alpha value is -0.900. The summed E-state index contributed by atoms with van der Waals surface area (Å²) in [5, 5.41) is 7.16. The van der Waals surface area contributed by atoms with Crippen molar-refractivity contribution >= 4 is 0 Å². The van der Waals surface area contributed by atoms with Crippen LogP contribution in [-0.4, -0.2) is 23.2 Å². The lowest BCUT2D eigenvalue weighted by Gasteiger charge is -2.20. The fourth-order valence-electron chi connectivity index (χ4n) is 1.64. The zero-order chi connectivity index (χ0) is 8.23. The van der Waals surface area contributed by atoms with E-state index in [2.05, 4.69) is 20.0 Å². The van der Waals surface area contributed by atoms with Gasteiger partial charge in [-0.05, 0) is 31.8 Å². The summed E-state index contributed by atoms with van der Waals surface area (Å²) < 4.78 is 4.67. The predicted octanol–water partition coefficient (Wildman–Crippen LogP) is 0.612. The molecule has 0 radical (unpaired) electrons. The maximum absolute atomic E-state index is 4.67. The molecule has 1 atom stereocenters. The molecule has 1 aliphatic rings. The zero-order valence-electron chi connectivity index (χ0n) is 6.99. The van der Waals surface area contributed by atoms with E-state index < -0.39 is 0 Å². The first kappa shape index (κ1) is 7.73. The molecule has 1 saturated heterocycles. The highest BCUT2D eigenvalue weighted by atomic mass is 16.5. The number of piperidine rings is 1. The second-order valence-electron chi connectivity index (χ2n) is 3.26. The van der Waals surface area contributed by atoms with E-state index in [1.54, 1.807) is 0 Å². The van der Waals surface area contributed by atoms with Gasteiger partial charge in [-0.25, -0.2) is 0 Å². The van der Waals surface area contributed by atoms with Crippen molar-refractivity contribution in [2.24, 2.45) is 5.92 Å². The van der Waals surface area contributed by atoms with E-state index in [-0.39, 0.29) is 0 Å². The molecule has 1 N–H and O–H groups in total. The number of hydrogen-bond acceptors (Lipinski definition) is 4. The highest BCUT2D eigenvalue weighted by molar-refractivity contribution is 4.84. The molecule has 1 fully saturated rings. The monoisotopic (exact) mass is 167 g/mol. The number of hydrogen-bond donors (Lipinski definition) is 1. The Labute approximate surface area is 71.4 Å². The summed E-state index contributed by atoms with van der Waals surface area (Å²) in [4.78, 5) is 4.00. The largest absolute Gasteiger partial charge is 0.343 e. The first-order valence-electron chi connectivity index (χ1n) is 4.41. The third-order valence-corrected chi connectivity index (χ3v) is 2.28. The Morgan fingerprint density at radius 1 is 1.67 bits per heavy atom. The third-order valence-electron chi connectivity index (χ3n) is 2.28. The molecule has 0 bridgehead atoms. The lowest BCUT2D eigenvalue weighted by Crippen LogP contribution is -2.31. The molecule has 1 aromatic rings. The molecule has 0 amide bonds. The smallest absolute Gasteiger partial charge is 0.213 e. The number of nitrogens with zero attached hydrogens (tertiary/aromatic N) is 2. The van der Waals surface area contributed by atoms with Crippen molar-refractivity contribution in [2.75, 3.05) is 13.1 Å². The summed E-state index contributed by atoms with van der Waals surface area (Å²) in [6, 6.07) is 0. The fraction of sp³-hybridized carbons (Fsp3) is 0.750. The molecule has 1 unspecified atom stereocenters. The standard InChI is InChI=1S/C8H13N3O/c1-2-7(5-9-3-1)4-8-10-6-12-11-8/h6-7,9H,1-5H2. The van der Waals surface area contributed by atoms with Crippen LogP contribution < -0.4 is 5.32 Å². The Kier molecular flexibility index (Phi) is 2.36. The van der Waals surface area contributed by atoms with Gasteiger partial charge in [0.05, 0.1) is 0 Å². The third kappa shape index (κ3) is 1.82. The Morgan fingerprint density at radius 3 is 3.33 bits per heavy atom. The van der Waals surface area contributed by atoms with Crippen molar-refractivity contribution in [3.63, 3.8) is 0 Å². The SMILES string of the molecule is c1nc(CC2CCCNC2)no1. The Morgan fingerprint density at radius 2 is 2.67 bits per heavy atom. The molecule has 2 heterocycles. The van der Waals surface area contributed by atoms with Gasteiger partial charge in [-0.2, -0.15) is 4.98 Å². The zero-order valence-corrected chi connectivity index (χ0v) is 6.99. The van der Waals surface area contributed by atoms with Crippen LogP contribution in [-0.2, 0) is 6.42 Å². The molecular weight excluding hydrogens is 154 g/mol. The van der Waals surface area contributed by atoms with Gasteiger partial charge in [0.2, 0.25) is 6.39 Å². The van der Waals surface area contributed by atoms with Crippen LogP contribution in [0, 0.1) is 5.92 Å². The Balaban J connectivity index is 1.86. The van der Waals surface area contributed by atoms with E-state index in [0.717, 1.165) is 25.3 Å². The van der Waals surface area contributed by atoms with Crippen LogP contribution in [0.4, 0.5) is 0 Å².